The molecule has 0 saturated carbocycles. The number of hydrogen-bond donors (Lipinski definition) is 0. The zero-order chi connectivity index (χ0) is 14.0. The number of ether oxygens (including phenoxy) is 1. The van der Waals surface area contributed by atoms with Crippen molar-refractivity contribution in [2.75, 3.05) is 6.61 Å². The van der Waals surface area contributed by atoms with Crippen LogP contribution in [0.4, 0.5) is 0 Å². The predicted molar refractivity (Wildman–Crippen MR) is 79.5 cm³/mol. The Hall–Kier alpha value is -1.19. The van der Waals surface area contributed by atoms with Gasteiger partial charge in [-0.05, 0) is 24.6 Å². The van der Waals surface area contributed by atoms with Crippen LogP contribution in [0.25, 0.3) is 10.8 Å². The summed E-state index contributed by atoms with van der Waals surface area (Å²) in [6.45, 7) is 2.60. The van der Waals surface area contributed by atoms with E-state index in [-0.39, 0.29) is 11.4 Å². The molecule has 0 N–H and O–H groups in total. The van der Waals surface area contributed by atoms with Gasteiger partial charge in [-0.3, -0.25) is 4.79 Å². The summed E-state index contributed by atoms with van der Waals surface area (Å²) >= 11 is 12.0. The molecule has 0 fully saturated rings. The predicted octanol–water partition coefficient (Wildman–Crippen LogP) is 3.72. The Morgan fingerprint density at radius 1 is 1.32 bits per heavy atom. The van der Waals surface area contributed by atoms with Gasteiger partial charge < -0.3 is 9.30 Å². The van der Waals surface area contributed by atoms with Crippen molar-refractivity contribution in [2.24, 2.45) is 7.05 Å². The number of rotatable bonds is 4. The molecule has 3 nitrogen and oxygen atoms in total. The van der Waals surface area contributed by atoms with Crippen LogP contribution in [0.3, 0.4) is 0 Å². The molecule has 1 heterocycles. The average molecular weight is 300 g/mol. The second kappa shape index (κ2) is 5.85. The maximum Gasteiger partial charge on any atom is 0.258 e. The minimum absolute atomic E-state index is 0.0915. The highest BCUT2D eigenvalue weighted by molar-refractivity contribution is 6.31. The fraction of sp³-hybridized carbons (Fsp3) is 0.357. The molecule has 0 bridgehead atoms. The molecular formula is C14H15Cl2NO2. The molecule has 0 unspecified atom stereocenters. The van der Waals surface area contributed by atoms with Crippen LogP contribution in [0.2, 0.25) is 5.02 Å². The Balaban J connectivity index is 2.82. The minimum Gasteiger partial charge on any atom is -0.491 e. The molecule has 1 aromatic carbocycles. The average Bonchev–Trinajstić information content (AvgIpc) is 2.41. The fourth-order valence-electron chi connectivity index (χ4n) is 2.02. The maximum absolute atomic E-state index is 12.3. The van der Waals surface area contributed by atoms with Crippen LogP contribution < -0.4 is 10.3 Å². The van der Waals surface area contributed by atoms with Gasteiger partial charge in [0.05, 0.1) is 23.6 Å². The highest BCUT2D eigenvalue weighted by Gasteiger charge is 2.15. The van der Waals surface area contributed by atoms with Crippen molar-refractivity contribution in [1.29, 1.82) is 0 Å². The van der Waals surface area contributed by atoms with E-state index in [1.807, 2.05) is 6.92 Å². The largest absolute Gasteiger partial charge is 0.491 e. The van der Waals surface area contributed by atoms with E-state index in [0.29, 0.717) is 28.5 Å². The number of hydrogen-bond acceptors (Lipinski definition) is 2. The van der Waals surface area contributed by atoms with Crippen LogP contribution in [-0.2, 0) is 12.9 Å². The fourth-order valence-corrected chi connectivity index (χ4v) is 2.49. The summed E-state index contributed by atoms with van der Waals surface area (Å²) in [4.78, 5) is 12.3. The maximum atomic E-state index is 12.3. The van der Waals surface area contributed by atoms with Crippen molar-refractivity contribution in [2.45, 2.75) is 19.2 Å². The molecular weight excluding hydrogens is 285 g/mol. The quantitative estimate of drug-likeness (QED) is 0.806. The molecule has 0 aliphatic heterocycles. The molecule has 0 atom stereocenters. The van der Waals surface area contributed by atoms with Gasteiger partial charge in [0.2, 0.25) is 0 Å². The van der Waals surface area contributed by atoms with Crippen molar-refractivity contribution >= 4 is 34.0 Å². The molecule has 1 aromatic heterocycles. The second-order valence-corrected chi connectivity index (χ2v) is 5.02. The van der Waals surface area contributed by atoms with Crippen LogP contribution in [0.15, 0.2) is 23.0 Å². The zero-order valence-corrected chi connectivity index (χ0v) is 12.4. The first kappa shape index (κ1) is 14.2. The van der Waals surface area contributed by atoms with Gasteiger partial charge in [-0.1, -0.05) is 18.5 Å². The van der Waals surface area contributed by atoms with Crippen molar-refractivity contribution in [3.63, 3.8) is 0 Å². The molecule has 2 rings (SSSR count). The minimum atomic E-state index is -0.0915. The summed E-state index contributed by atoms with van der Waals surface area (Å²) in [6, 6.07) is 5.17. The summed E-state index contributed by atoms with van der Waals surface area (Å²) in [6.07, 6.45) is 0.882. The van der Waals surface area contributed by atoms with Gasteiger partial charge in [0.15, 0.2) is 0 Å². The topological polar surface area (TPSA) is 31.2 Å². The highest BCUT2D eigenvalue weighted by atomic mass is 35.5. The molecule has 102 valence electrons. The summed E-state index contributed by atoms with van der Waals surface area (Å²) in [7, 11) is 1.70. The molecule has 0 saturated heterocycles. The summed E-state index contributed by atoms with van der Waals surface area (Å²) in [5.74, 6) is 0.865. The third-order valence-corrected chi connectivity index (χ3v) is 3.49. The highest BCUT2D eigenvalue weighted by Crippen LogP contribution is 2.30. The first-order valence-electron chi connectivity index (χ1n) is 6.10. The van der Waals surface area contributed by atoms with Crippen molar-refractivity contribution in [1.82, 2.24) is 4.57 Å². The summed E-state index contributed by atoms with van der Waals surface area (Å²) in [5, 5.41) is 1.88. The van der Waals surface area contributed by atoms with E-state index < -0.39 is 0 Å². The number of fused-ring (bicyclic) bond motifs is 1. The van der Waals surface area contributed by atoms with E-state index in [1.54, 1.807) is 25.2 Å². The van der Waals surface area contributed by atoms with Gasteiger partial charge in [-0.15, -0.1) is 11.6 Å². The monoisotopic (exact) mass is 299 g/mol. The zero-order valence-electron chi connectivity index (χ0n) is 10.9. The van der Waals surface area contributed by atoms with Gasteiger partial charge in [-0.25, -0.2) is 0 Å². The lowest BCUT2D eigenvalue weighted by molar-refractivity contribution is 0.315. The van der Waals surface area contributed by atoms with Crippen molar-refractivity contribution in [3.8, 4) is 5.75 Å². The van der Waals surface area contributed by atoms with Gasteiger partial charge in [0.25, 0.3) is 5.56 Å². The number of pyridine rings is 1. The van der Waals surface area contributed by atoms with Crippen LogP contribution in [-0.4, -0.2) is 11.2 Å². The third-order valence-electron chi connectivity index (χ3n) is 3.01. The lowest BCUT2D eigenvalue weighted by Crippen LogP contribution is -2.21. The van der Waals surface area contributed by atoms with Gasteiger partial charge in [-0.2, -0.15) is 0 Å². The van der Waals surface area contributed by atoms with E-state index in [1.165, 1.54) is 4.57 Å². The molecule has 0 spiro atoms. The summed E-state index contributed by atoms with van der Waals surface area (Å²) < 4.78 is 7.31. The lowest BCUT2D eigenvalue weighted by Gasteiger charge is -2.16. The first-order valence-corrected chi connectivity index (χ1v) is 7.01. The number of aromatic nitrogens is 1. The number of nitrogens with zero attached hydrogens (tertiary/aromatic N) is 1. The molecule has 0 amide bonds. The molecule has 0 aliphatic carbocycles. The molecule has 2 aromatic rings. The second-order valence-electron chi connectivity index (χ2n) is 4.31. The number of halogens is 2. The normalized spacial score (nSPS) is 10.9. The Morgan fingerprint density at radius 3 is 2.68 bits per heavy atom. The Morgan fingerprint density at radius 2 is 2.05 bits per heavy atom. The lowest BCUT2D eigenvalue weighted by atomic mass is 10.1. The van der Waals surface area contributed by atoms with E-state index in [4.69, 9.17) is 27.9 Å². The first-order chi connectivity index (χ1) is 9.10. The van der Waals surface area contributed by atoms with Crippen LogP contribution in [0, 0.1) is 0 Å². The summed E-state index contributed by atoms with van der Waals surface area (Å²) in [5.41, 5.74) is 0.584. The van der Waals surface area contributed by atoms with E-state index in [2.05, 4.69) is 0 Å². The van der Waals surface area contributed by atoms with Gasteiger partial charge in [0.1, 0.15) is 5.75 Å². The Kier molecular flexibility index (Phi) is 4.38. The van der Waals surface area contributed by atoms with Crippen LogP contribution in [0.1, 0.15) is 19.0 Å². The van der Waals surface area contributed by atoms with Crippen molar-refractivity contribution < 1.29 is 4.74 Å². The van der Waals surface area contributed by atoms with Crippen LogP contribution in [0.5, 0.6) is 5.75 Å². The van der Waals surface area contributed by atoms with E-state index >= 15 is 0 Å². The molecule has 19 heavy (non-hydrogen) atoms. The number of alkyl halides is 1. The van der Waals surface area contributed by atoms with E-state index in [9.17, 15) is 4.79 Å². The van der Waals surface area contributed by atoms with Crippen molar-refractivity contribution in [3.05, 3.63) is 39.3 Å². The standard InChI is InChI=1S/C14H15Cl2NO2/c1-3-6-19-13-11-7-9(16)4-5-10(11)14(18)17(2)12(13)8-15/h4-5,7H,3,6,8H2,1-2H3. The Labute approximate surface area is 121 Å². The van der Waals surface area contributed by atoms with E-state index in [0.717, 1.165) is 11.8 Å². The molecule has 0 radical (unpaired) electrons. The number of benzene rings is 1. The Bertz CT molecular complexity index is 665. The molecule has 0 aliphatic rings. The van der Waals surface area contributed by atoms with Crippen LogP contribution >= 0.6 is 23.2 Å². The third kappa shape index (κ3) is 2.58. The SMILES string of the molecule is CCCOc1c(CCl)n(C)c(=O)c2ccc(Cl)cc12. The van der Waals surface area contributed by atoms with Gasteiger partial charge in [0, 0.05) is 17.5 Å². The van der Waals surface area contributed by atoms with Gasteiger partial charge >= 0.3 is 0 Å². The molecule has 5 heteroatoms. The smallest absolute Gasteiger partial charge is 0.258 e.